The number of carbonyl (C=O) groups excluding carboxylic acids is 1. The van der Waals surface area contributed by atoms with Gasteiger partial charge < -0.3 is 5.11 Å². The van der Waals surface area contributed by atoms with E-state index in [9.17, 15) is 23.1 Å². The first-order valence-corrected chi connectivity index (χ1v) is 10.0. The van der Waals surface area contributed by atoms with Crippen molar-refractivity contribution in [1.82, 2.24) is 0 Å². The number of anilines is 1. The molecule has 0 radical (unpaired) electrons. The molecule has 27 heavy (non-hydrogen) atoms. The van der Waals surface area contributed by atoms with Gasteiger partial charge in [0.15, 0.2) is 5.78 Å². The van der Waals surface area contributed by atoms with E-state index in [1.54, 1.807) is 57.2 Å². The summed E-state index contributed by atoms with van der Waals surface area (Å²) in [6.07, 6.45) is 0.552. The number of para-hydroxylation sites is 1. The van der Waals surface area contributed by atoms with Gasteiger partial charge in [-0.25, -0.2) is 8.42 Å². The Balaban J connectivity index is 2.26. The van der Waals surface area contributed by atoms with Gasteiger partial charge in [-0.3, -0.25) is 14.3 Å². The van der Waals surface area contributed by atoms with Crippen LogP contribution in [0.1, 0.15) is 43.1 Å². The topological polar surface area (TPSA) is 101 Å². The highest BCUT2D eigenvalue weighted by Gasteiger charge is 2.27. The van der Waals surface area contributed by atoms with Crippen molar-refractivity contribution in [2.45, 2.75) is 38.5 Å². The van der Waals surface area contributed by atoms with E-state index in [0.29, 0.717) is 5.56 Å². The Kier molecular flexibility index (Phi) is 6.05. The van der Waals surface area contributed by atoms with Gasteiger partial charge in [0.05, 0.1) is 16.0 Å². The van der Waals surface area contributed by atoms with Crippen LogP contribution in [0.5, 0.6) is 0 Å². The fourth-order valence-corrected chi connectivity index (χ4v) is 3.66. The third-order valence-electron chi connectivity index (χ3n) is 4.25. The van der Waals surface area contributed by atoms with Crippen LogP contribution in [0, 0.1) is 5.41 Å². The standard InChI is InChI=1S/C20H23NO5S/c1-4-18(22)16-7-5-6-8-17(16)21-27(25,26)15-11-9-14(10-12-15)13-20(2,3)19(23)24/h5-12,21H,4,13H2,1-3H3,(H,23,24). The molecule has 0 aliphatic carbocycles. The van der Waals surface area contributed by atoms with Gasteiger partial charge in [-0.1, -0.05) is 31.2 Å². The third-order valence-corrected chi connectivity index (χ3v) is 5.63. The average molecular weight is 389 g/mol. The van der Waals surface area contributed by atoms with Gasteiger partial charge in [0.2, 0.25) is 0 Å². The molecule has 6 nitrogen and oxygen atoms in total. The first-order valence-electron chi connectivity index (χ1n) is 8.54. The SMILES string of the molecule is CCC(=O)c1ccccc1NS(=O)(=O)c1ccc(CC(C)(C)C(=O)O)cc1. The molecule has 2 rings (SSSR count). The number of hydrogen-bond acceptors (Lipinski definition) is 4. The molecule has 0 amide bonds. The number of ketones is 1. The van der Waals surface area contributed by atoms with Crippen LogP contribution in [0.15, 0.2) is 53.4 Å². The van der Waals surface area contributed by atoms with Crippen molar-refractivity contribution < 1.29 is 23.1 Å². The number of benzene rings is 2. The van der Waals surface area contributed by atoms with Crippen molar-refractivity contribution >= 4 is 27.5 Å². The van der Waals surface area contributed by atoms with Crippen molar-refractivity contribution in [1.29, 1.82) is 0 Å². The number of Topliss-reactive ketones (excluding diaryl/α,β-unsaturated/α-hetero) is 1. The molecular weight excluding hydrogens is 366 g/mol. The molecule has 2 aromatic carbocycles. The van der Waals surface area contributed by atoms with E-state index in [-0.39, 0.29) is 29.2 Å². The van der Waals surface area contributed by atoms with Gasteiger partial charge in [-0.2, -0.15) is 0 Å². The molecule has 0 heterocycles. The highest BCUT2D eigenvalue weighted by Crippen LogP contribution is 2.25. The fourth-order valence-electron chi connectivity index (χ4n) is 2.58. The zero-order chi connectivity index (χ0) is 20.2. The van der Waals surface area contributed by atoms with E-state index in [1.807, 2.05) is 0 Å². The molecule has 0 saturated heterocycles. The van der Waals surface area contributed by atoms with E-state index in [1.165, 1.54) is 12.1 Å². The summed E-state index contributed by atoms with van der Waals surface area (Å²) in [6.45, 7) is 4.94. The van der Waals surface area contributed by atoms with Crippen molar-refractivity contribution in [2.75, 3.05) is 4.72 Å². The van der Waals surface area contributed by atoms with Crippen LogP contribution in [0.2, 0.25) is 0 Å². The third kappa shape index (κ3) is 4.95. The van der Waals surface area contributed by atoms with Crippen LogP contribution < -0.4 is 4.72 Å². The van der Waals surface area contributed by atoms with Crippen LogP contribution in [0.3, 0.4) is 0 Å². The average Bonchev–Trinajstić information content (AvgIpc) is 2.61. The Morgan fingerprint density at radius 1 is 1.04 bits per heavy atom. The molecule has 0 aromatic heterocycles. The number of sulfonamides is 1. The molecular formula is C20H23NO5S. The van der Waals surface area contributed by atoms with Gasteiger partial charge >= 0.3 is 5.97 Å². The van der Waals surface area contributed by atoms with Crippen LogP contribution in [0.25, 0.3) is 0 Å². The minimum absolute atomic E-state index is 0.0399. The zero-order valence-electron chi connectivity index (χ0n) is 15.5. The van der Waals surface area contributed by atoms with E-state index in [2.05, 4.69) is 4.72 Å². The number of carboxylic acids is 1. The van der Waals surface area contributed by atoms with Gasteiger partial charge in [0.25, 0.3) is 10.0 Å². The summed E-state index contributed by atoms with van der Waals surface area (Å²) in [7, 11) is -3.87. The lowest BCUT2D eigenvalue weighted by atomic mass is 9.86. The van der Waals surface area contributed by atoms with E-state index in [4.69, 9.17) is 0 Å². The summed E-state index contributed by atoms with van der Waals surface area (Å²) in [6, 6.07) is 12.5. The molecule has 0 aliphatic rings. The quantitative estimate of drug-likeness (QED) is 0.670. The van der Waals surface area contributed by atoms with E-state index < -0.39 is 21.4 Å². The van der Waals surface area contributed by atoms with E-state index in [0.717, 1.165) is 5.56 Å². The molecule has 0 spiro atoms. The number of hydrogen-bond donors (Lipinski definition) is 2. The number of carbonyl (C=O) groups is 2. The smallest absolute Gasteiger partial charge is 0.309 e. The molecule has 0 unspecified atom stereocenters. The Morgan fingerprint density at radius 2 is 1.63 bits per heavy atom. The minimum Gasteiger partial charge on any atom is -0.481 e. The predicted octanol–water partition coefficient (Wildman–Crippen LogP) is 3.73. The molecule has 0 bridgehead atoms. The van der Waals surface area contributed by atoms with Crippen LogP contribution in [-0.4, -0.2) is 25.3 Å². The highest BCUT2D eigenvalue weighted by atomic mass is 32.2. The Morgan fingerprint density at radius 3 is 2.19 bits per heavy atom. The zero-order valence-corrected chi connectivity index (χ0v) is 16.3. The number of aliphatic carboxylic acids is 1. The van der Waals surface area contributed by atoms with Crippen molar-refractivity contribution in [3.05, 3.63) is 59.7 Å². The van der Waals surface area contributed by atoms with Gasteiger partial charge in [0.1, 0.15) is 0 Å². The Hall–Kier alpha value is -2.67. The van der Waals surface area contributed by atoms with Crippen molar-refractivity contribution in [3.63, 3.8) is 0 Å². The van der Waals surface area contributed by atoms with Crippen molar-refractivity contribution in [2.24, 2.45) is 5.41 Å². The summed E-state index contributed by atoms with van der Waals surface area (Å²) >= 11 is 0. The fraction of sp³-hybridized carbons (Fsp3) is 0.300. The summed E-state index contributed by atoms with van der Waals surface area (Å²) in [4.78, 5) is 23.3. The lowest BCUT2D eigenvalue weighted by Gasteiger charge is -2.19. The van der Waals surface area contributed by atoms with Gasteiger partial charge in [0, 0.05) is 12.0 Å². The molecule has 7 heteroatoms. The van der Waals surface area contributed by atoms with Crippen molar-refractivity contribution in [3.8, 4) is 0 Å². The number of carboxylic acid groups (broad SMARTS) is 1. The second kappa shape index (κ2) is 7.92. The van der Waals surface area contributed by atoms with Crippen LogP contribution in [-0.2, 0) is 21.2 Å². The van der Waals surface area contributed by atoms with Crippen LogP contribution >= 0.6 is 0 Å². The minimum atomic E-state index is -3.87. The molecule has 2 N–H and O–H groups in total. The largest absolute Gasteiger partial charge is 0.481 e. The maximum Gasteiger partial charge on any atom is 0.309 e. The molecule has 0 atom stereocenters. The number of nitrogens with one attached hydrogen (secondary N) is 1. The summed E-state index contributed by atoms with van der Waals surface area (Å²) < 4.78 is 27.8. The molecule has 0 aliphatic heterocycles. The Labute approximate surface area is 159 Å². The Bertz CT molecular complexity index is 947. The molecule has 0 saturated carbocycles. The summed E-state index contributed by atoms with van der Waals surface area (Å²) in [5, 5.41) is 9.21. The number of rotatable bonds is 8. The maximum atomic E-state index is 12.7. The second-order valence-corrected chi connectivity index (χ2v) is 8.62. The normalized spacial score (nSPS) is 11.8. The molecule has 0 fully saturated rings. The second-order valence-electron chi connectivity index (χ2n) is 6.94. The lowest BCUT2D eigenvalue weighted by Crippen LogP contribution is -2.26. The maximum absolute atomic E-state index is 12.7. The molecule has 2 aromatic rings. The van der Waals surface area contributed by atoms with Crippen LogP contribution in [0.4, 0.5) is 5.69 Å². The summed E-state index contributed by atoms with van der Waals surface area (Å²) in [5.74, 6) is -1.07. The lowest BCUT2D eigenvalue weighted by molar-refractivity contribution is -0.146. The monoisotopic (exact) mass is 389 g/mol. The summed E-state index contributed by atoms with van der Waals surface area (Å²) in [5.41, 5.74) is 0.338. The molecule has 144 valence electrons. The first kappa shape index (κ1) is 20.6. The van der Waals surface area contributed by atoms with E-state index >= 15 is 0 Å². The highest BCUT2D eigenvalue weighted by molar-refractivity contribution is 7.92. The first-order chi connectivity index (χ1) is 12.6. The predicted molar refractivity (Wildman–Crippen MR) is 103 cm³/mol. The van der Waals surface area contributed by atoms with Gasteiger partial charge in [-0.15, -0.1) is 0 Å². The van der Waals surface area contributed by atoms with Gasteiger partial charge in [-0.05, 0) is 50.1 Å².